The van der Waals surface area contributed by atoms with Gasteiger partial charge in [-0.2, -0.15) is 5.10 Å². The summed E-state index contributed by atoms with van der Waals surface area (Å²) in [5, 5.41) is 4.79. The Kier molecular flexibility index (Phi) is 3.18. The zero-order chi connectivity index (χ0) is 12.5. The third-order valence-electron chi connectivity index (χ3n) is 3.54. The Labute approximate surface area is 110 Å². The summed E-state index contributed by atoms with van der Waals surface area (Å²) in [5.41, 5.74) is 1.53. The Hall–Kier alpha value is -1.20. The first-order valence-corrected chi connectivity index (χ1v) is 6.57. The minimum Gasteiger partial charge on any atom is -0.381 e. The van der Waals surface area contributed by atoms with E-state index in [1.54, 1.807) is 12.4 Å². The molecule has 0 spiro atoms. The van der Waals surface area contributed by atoms with Crippen LogP contribution in [0.3, 0.4) is 0 Å². The van der Waals surface area contributed by atoms with Gasteiger partial charge >= 0.3 is 0 Å². The van der Waals surface area contributed by atoms with E-state index in [-0.39, 0.29) is 6.04 Å². The maximum absolute atomic E-state index is 5.90. The molecule has 0 radical (unpaired) electrons. The van der Waals surface area contributed by atoms with Crippen molar-refractivity contribution in [1.82, 2.24) is 19.7 Å². The molecule has 0 amide bonds. The van der Waals surface area contributed by atoms with Crippen LogP contribution in [0.2, 0.25) is 5.15 Å². The molecule has 2 aromatic rings. The van der Waals surface area contributed by atoms with Crippen molar-refractivity contribution in [3.63, 3.8) is 0 Å². The lowest BCUT2D eigenvalue weighted by atomic mass is 9.95. The van der Waals surface area contributed by atoms with E-state index in [9.17, 15) is 0 Å². The Morgan fingerprint density at radius 1 is 1.50 bits per heavy atom. The number of rotatable bonds is 2. The van der Waals surface area contributed by atoms with E-state index in [2.05, 4.69) is 22.0 Å². The Balaban J connectivity index is 1.95. The highest BCUT2D eigenvalue weighted by Crippen LogP contribution is 2.27. The zero-order valence-corrected chi connectivity index (χ0v) is 11.0. The molecule has 3 rings (SSSR count). The fourth-order valence-electron chi connectivity index (χ4n) is 2.44. The van der Waals surface area contributed by atoms with Crippen LogP contribution < -0.4 is 0 Å². The molecule has 96 valence electrons. The summed E-state index contributed by atoms with van der Waals surface area (Å²) in [5.74, 6) is 0.475. The number of aromatic nitrogens is 4. The zero-order valence-electron chi connectivity index (χ0n) is 10.2. The third-order valence-corrected chi connectivity index (χ3v) is 3.72. The van der Waals surface area contributed by atoms with Crippen LogP contribution in [-0.4, -0.2) is 33.0 Å². The van der Waals surface area contributed by atoms with E-state index in [1.807, 2.05) is 4.68 Å². The van der Waals surface area contributed by atoms with Gasteiger partial charge in [0.05, 0.1) is 25.0 Å². The molecule has 18 heavy (non-hydrogen) atoms. The van der Waals surface area contributed by atoms with Crippen LogP contribution in [0.1, 0.15) is 25.8 Å². The van der Waals surface area contributed by atoms with Crippen LogP contribution in [0.5, 0.6) is 0 Å². The SMILES string of the molecule is CC(C1CCCOC1)n1ncc2ncc(Cl)nc21. The van der Waals surface area contributed by atoms with Crippen LogP contribution in [0.4, 0.5) is 0 Å². The highest BCUT2D eigenvalue weighted by molar-refractivity contribution is 6.29. The number of ether oxygens (including phenoxy) is 1. The number of halogens is 1. The Morgan fingerprint density at radius 3 is 3.17 bits per heavy atom. The third kappa shape index (κ3) is 2.08. The van der Waals surface area contributed by atoms with Crippen LogP contribution in [-0.2, 0) is 4.74 Å². The van der Waals surface area contributed by atoms with Crippen LogP contribution in [0, 0.1) is 5.92 Å². The first-order chi connectivity index (χ1) is 8.75. The monoisotopic (exact) mass is 266 g/mol. The lowest BCUT2D eigenvalue weighted by molar-refractivity contribution is 0.0349. The van der Waals surface area contributed by atoms with E-state index in [1.165, 1.54) is 0 Å². The summed E-state index contributed by atoms with van der Waals surface area (Å²) in [6.45, 7) is 3.81. The highest BCUT2D eigenvalue weighted by Gasteiger charge is 2.24. The molecule has 5 nitrogen and oxygen atoms in total. The normalized spacial score (nSPS) is 22.2. The molecule has 0 bridgehead atoms. The van der Waals surface area contributed by atoms with Crippen LogP contribution in [0.25, 0.3) is 11.2 Å². The average molecular weight is 267 g/mol. The summed E-state index contributed by atoms with van der Waals surface area (Å²) in [4.78, 5) is 8.53. The number of fused-ring (bicyclic) bond motifs is 1. The van der Waals surface area contributed by atoms with Crippen molar-refractivity contribution in [2.24, 2.45) is 5.92 Å². The summed E-state index contributed by atoms with van der Waals surface area (Å²) in [6.07, 6.45) is 5.56. The van der Waals surface area contributed by atoms with E-state index in [0.29, 0.717) is 11.1 Å². The predicted molar refractivity (Wildman–Crippen MR) is 68.6 cm³/mol. The van der Waals surface area contributed by atoms with Gasteiger partial charge in [0.2, 0.25) is 0 Å². The fraction of sp³-hybridized carbons (Fsp3) is 0.583. The maximum atomic E-state index is 5.90. The second-order valence-electron chi connectivity index (χ2n) is 4.71. The fourth-order valence-corrected chi connectivity index (χ4v) is 2.57. The first-order valence-electron chi connectivity index (χ1n) is 6.19. The first kappa shape index (κ1) is 11.9. The van der Waals surface area contributed by atoms with Gasteiger partial charge in [0.15, 0.2) is 5.65 Å². The molecule has 2 atom stereocenters. The Bertz CT molecular complexity index is 550. The van der Waals surface area contributed by atoms with Gasteiger partial charge in [-0.25, -0.2) is 14.6 Å². The van der Waals surface area contributed by atoms with E-state index in [4.69, 9.17) is 16.3 Å². The standard InChI is InChI=1S/C12H15ClN4O/c1-8(9-3-2-4-18-7-9)17-12-10(5-15-17)14-6-11(13)16-12/h5-6,8-9H,2-4,7H2,1H3. The molecule has 1 saturated heterocycles. The van der Waals surface area contributed by atoms with Gasteiger partial charge in [-0.3, -0.25) is 0 Å². The summed E-state index contributed by atoms with van der Waals surface area (Å²) in [6, 6.07) is 0.246. The molecule has 1 aliphatic rings. The van der Waals surface area contributed by atoms with Gasteiger partial charge < -0.3 is 4.74 Å². The second kappa shape index (κ2) is 4.82. The lowest BCUT2D eigenvalue weighted by Crippen LogP contribution is -2.26. The smallest absolute Gasteiger partial charge is 0.178 e. The molecule has 1 fully saturated rings. The summed E-state index contributed by atoms with van der Waals surface area (Å²) < 4.78 is 7.44. The molecular weight excluding hydrogens is 252 g/mol. The molecule has 0 N–H and O–H groups in total. The number of hydrogen-bond donors (Lipinski definition) is 0. The van der Waals surface area contributed by atoms with Gasteiger partial charge in [0.1, 0.15) is 10.7 Å². The van der Waals surface area contributed by atoms with Gasteiger partial charge in [0.25, 0.3) is 0 Å². The van der Waals surface area contributed by atoms with Crippen molar-refractivity contribution in [3.8, 4) is 0 Å². The van der Waals surface area contributed by atoms with E-state index in [0.717, 1.165) is 37.2 Å². The minimum atomic E-state index is 0.246. The van der Waals surface area contributed by atoms with Crippen molar-refractivity contribution in [3.05, 3.63) is 17.5 Å². The summed E-state index contributed by atoms with van der Waals surface area (Å²) in [7, 11) is 0. The van der Waals surface area contributed by atoms with Crippen molar-refractivity contribution in [1.29, 1.82) is 0 Å². The molecule has 0 saturated carbocycles. The topological polar surface area (TPSA) is 52.8 Å². The van der Waals surface area contributed by atoms with Gasteiger partial charge in [-0.05, 0) is 19.8 Å². The van der Waals surface area contributed by atoms with E-state index >= 15 is 0 Å². The largest absolute Gasteiger partial charge is 0.381 e. The lowest BCUT2D eigenvalue weighted by Gasteiger charge is -2.27. The molecule has 6 heteroatoms. The summed E-state index contributed by atoms with van der Waals surface area (Å²) >= 11 is 5.90. The molecule has 3 heterocycles. The van der Waals surface area contributed by atoms with Crippen molar-refractivity contribution in [2.45, 2.75) is 25.8 Å². The highest BCUT2D eigenvalue weighted by atomic mass is 35.5. The predicted octanol–water partition coefficient (Wildman–Crippen LogP) is 2.47. The van der Waals surface area contributed by atoms with Crippen molar-refractivity contribution >= 4 is 22.8 Å². The van der Waals surface area contributed by atoms with Crippen molar-refractivity contribution in [2.75, 3.05) is 13.2 Å². The van der Waals surface area contributed by atoms with Gasteiger partial charge in [0, 0.05) is 12.5 Å². The average Bonchev–Trinajstić information content (AvgIpc) is 2.82. The quantitative estimate of drug-likeness (QED) is 0.838. The molecular formula is C12H15ClN4O. The minimum absolute atomic E-state index is 0.246. The second-order valence-corrected chi connectivity index (χ2v) is 5.10. The number of hydrogen-bond acceptors (Lipinski definition) is 4. The van der Waals surface area contributed by atoms with Gasteiger partial charge in [-0.1, -0.05) is 11.6 Å². The Morgan fingerprint density at radius 2 is 2.39 bits per heavy atom. The molecule has 0 aromatic carbocycles. The van der Waals surface area contributed by atoms with Crippen LogP contribution >= 0.6 is 11.6 Å². The van der Waals surface area contributed by atoms with Crippen LogP contribution in [0.15, 0.2) is 12.4 Å². The maximum Gasteiger partial charge on any atom is 0.178 e. The van der Waals surface area contributed by atoms with Gasteiger partial charge in [-0.15, -0.1) is 0 Å². The van der Waals surface area contributed by atoms with E-state index < -0.39 is 0 Å². The molecule has 2 unspecified atom stereocenters. The molecule has 0 aliphatic carbocycles. The number of nitrogens with zero attached hydrogens (tertiary/aromatic N) is 4. The van der Waals surface area contributed by atoms with Crippen molar-refractivity contribution < 1.29 is 4.74 Å². The molecule has 1 aliphatic heterocycles. The molecule has 2 aromatic heterocycles.